The summed E-state index contributed by atoms with van der Waals surface area (Å²) in [7, 11) is 0. The number of carbonyl (C=O) groups is 2. The van der Waals surface area contributed by atoms with E-state index in [1.165, 1.54) is 12.1 Å². The highest BCUT2D eigenvalue weighted by molar-refractivity contribution is 8.93. The van der Waals surface area contributed by atoms with Crippen LogP contribution in [-0.4, -0.2) is 65.0 Å². The minimum absolute atomic E-state index is 0. The van der Waals surface area contributed by atoms with Gasteiger partial charge in [0, 0.05) is 36.3 Å². The van der Waals surface area contributed by atoms with E-state index >= 15 is 0 Å². The maximum atomic E-state index is 13.6. The molecule has 0 saturated carbocycles. The number of anilines is 1. The number of aromatic hydroxyl groups is 1. The maximum absolute atomic E-state index is 13.6. The fourth-order valence-corrected chi connectivity index (χ4v) is 4.63. The highest BCUT2D eigenvalue weighted by Gasteiger charge is 2.31. The molecular weight excluding hydrogens is 533 g/mol. The number of fused-ring (bicyclic) bond motifs is 1. The highest BCUT2D eigenvalue weighted by Crippen LogP contribution is 2.41. The van der Waals surface area contributed by atoms with Crippen molar-refractivity contribution in [2.45, 2.75) is 45.3 Å². The minimum atomic E-state index is -1.04. The van der Waals surface area contributed by atoms with Gasteiger partial charge in [-0.15, -0.1) is 17.0 Å². The fraction of sp³-hybridized carbons (Fsp3) is 0.423. The Labute approximate surface area is 219 Å². The summed E-state index contributed by atoms with van der Waals surface area (Å²) in [6.45, 7) is 6.72. The van der Waals surface area contributed by atoms with Crippen molar-refractivity contribution in [2.75, 3.05) is 31.1 Å². The lowest BCUT2D eigenvalue weighted by Gasteiger charge is -2.27. The number of phenolic OH excluding ortho intramolecular Hbond substituents is 1. The zero-order valence-electron chi connectivity index (χ0n) is 20.5. The summed E-state index contributed by atoms with van der Waals surface area (Å²) in [6, 6.07) is 7.65. The molecule has 0 bridgehead atoms. The topological polar surface area (TPSA) is 114 Å². The molecule has 0 radical (unpaired) electrons. The number of carboxylic acid groups (broad SMARTS) is 1. The van der Waals surface area contributed by atoms with Crippen LogP contribution in [0.1, 0.15) is 54.2 Å². The Morgan fingerprint density at radius 1 is 1.22 bits per heavy atom. The van der Waals surface area contributed by atoms with E-state index in [1.807, 2.05) is 25.7 Å². The zero-order valence-corrected chi connectivity index (χ0v) is 22.2. The van der Waals surface area contributed by atoms with E-state index in [-0.39, 0.29) is 53.6 Å². The minimum Gasteiger partial charge on any atom is -0.505 e. The van der Waals surface area contributed by atoms with Crippen LogP contribution in [0, 0.1) is 11.2 Å². The van der Waals surface area contributed by atoms with Crippen molar-refractivity contribution in [3.63, 3.8) is 0 Å². The van der Waals surface area contributed by atoms with E-state index in [9.17, 15) is 19.1 Å². The average Bonchev–Trinajstić information content (AvgIpc) is 3.36. The van der Waals surface area contributed by atoms with Gasteiger partial charge in [-0.25, -0.2) is 9.18 Å². The quantitative estimate of drug-likeness (QED) is 0.434. The van der Waals surface area contributed by atoms with Crippen LogP contribution in [0.5, 0.6) is 5.75 Å². The number of aliphatic carboxylic acids is 1. The number of benzene rings is 2. The summed E-state index contributed by atoms with van der Waals surface area (Å²) >= 11 is 0. The molecule has 2 aliphatic rings. The normalized spacial score (nSPS) is 17.2. The van der Waals surface area contributed by atoms with Crippen LogP contribution in [0.4, 0.5) is 10.1 Å². The molecule has 2 aromatic carbocycles. The zero-order chi connectivity index (χ0) is 25.5. The van der Waals surface area contributed by atoms with Crippen LogP contribution in [-0.2, 0) is 21.5 Å². The summed E-state index contributed by atoms with van der Waals surface area (Å²) in [6.07, 6.45) is 0.321. The number of ether oxygens (including phenoxy) is 1. The summed E-state index contributed by atoms with van der Waals surface area (Å²) < 4.78 is 19.1. The van der Waals surface area contributed by atoms with Crippen molar-refractivity contribution in [1.29, 1.82) is 5.41 Å². The third-order valence-electron chi connectivity index (χ3n) is 6.49. The van der Waals surface area contributed by atoms with Crippen molar-refractivity contribution in [1.82, 2.24) is 4.90 Å². The molecule has 36 heavy (non-hydrogen) atoms. The first-order valence-electron chi connectivity index (χ1n) is 11.6. The lowest BCUT2D eigenvalue weighted by molar-refractivity contribution is -0.143. The lowest BCUT2D eigenvalue weighted by atomic mass is 9.84. The standard InChI is InChI=1S/C26H30FN3O5.BrH/c1-26(2,3)20-8-16(9-21(24(20)34)29-7-6-18(12-29)35-14-23(32)33)22(31)13-30-11-15-4-5-17(27)10-19(15)25(30)28;/h4-5,8-10,18,28,34H,6-7,11-14H2,1-3H3,(H,32,33);1H. The van der Waals surface area contributed by atoms with Crippen LogP contribution in [0.3, 0.4) is 0 Å². The Hall–Kier alpha value is -2.98. The number of carbonyl (C=O) groups excluding carboxylic acids is 1. The largest absolute Gasteiger partial charge is 0.505 e. The van der Waals surface area contributed by atoms with Crippen LogP contribution < -0.4 is 4.90 Å². The molecule has 3 N–H and O–H groups in total. The molecule has 1 fully saturated rings. The predicted molar refractivity (Wildman–Crippen MR) is 139 cm³/mol. The number of amidine groups is 1. The summed E-state index contributed by atoms with van der Waals surface area (Å²) in [4.78, 5) is 27.7. The van der Waals surface area contributed by atoms with Crippen molar-refractivity contribution in [3.8, 4) is 5.75 Å². The van der Waals surface area contributed by atoms with E-state index < -0.39 is 17.2 Å². The molecule has 1 saturated heterocycles. The first-order valence-corrected chi connectivity index (χ1v) is 11.6. The Bertz CT molecular complexity index is 1200. The Morgan fingerprint density at radius 2 is 1.94 bits per heavy atom. The molecular formula is C26H31BrFN3O5. The molecule has 0 aliphatic carbocycles. The lowest BCUT2D eigenvalue weighted by Crippen LogP contribution is -2.31. The molecule has 0 amide bonds. The first-order chi connectivity index (χ1) is 16.4. The molecule has 2 heterocycles. The van der Waals surface area contributed by atoms with Gasteiger partial charge in [-0.1, -0.05) is 26.8 Å². The molecule has 1 unspecified atom stereocenters. The number of hydrogen-bond acceptors (Lipinski definition) is 6. The van der Waals surface area contributed by atoms with E-state index in [1.54, 1.807) is 23.1 Å². The van der Waals surface area contributed by atoms with Crippen LogP contribution in [0.2, 0.25) is 0 Å². The van der Waals surface area contributed by atoms with Crippen LogP contribution >= 0.6 is 17.0 Å². The van der Waals surface area contributed by atoms with Gasteiger partial charge in [0.05, 0.1) is 18.3 Å². The third-order valence-corrected chi connectivity index (χ3v) is 6.49. The number of Topliss-reactive ketones (excluding diaryl/α,β-unsaturated/α-hetero) is 1. The highest BCUT2D eigenvalue weighted by atomic mass is 79.9. The second kappa shape index (κ2) is 10.6. The van der Waals surface area contributed by atoms with Gasteiger partial charge in [0.15, 0.2) is 5.78 Å². The van der Waals surface area contributed by atoms with Gasteiger partial charge in [0.2, 0.25) is 0 Å². The molecule has 2 aliphatic heterocycles. The van der Waals surface area contributed by atoms with Gasteiger partial charge in [-0.2, -0.15) is 0 Å². The van der Waals surface area contributed by atoms with Crippen molar-refractivity contribution >= 4 is 40.3 Å². The number of nitrogens with zero attached hydrogens (tertiary/aromatic N) is 2. The molecule has 4 rings (SSSR count). The number of rotatable bonds is 7. The number of halogens is 2. The Balaban J connectivity index is 0.00000361. The van der Waals surface area contributed by atoms with Crippen molar-refractivity contribution < 1.29 is 28.9 Å². The average molecular weight is 564 g/mol. The van der Waals surface area contributed by atoms with Crippen LogP contribution in [0.15, 0.2) is 30.3 Å². The Morgan fingerprint density at radius 3 is 2.61 bits per heavy atom. The second-order valence-corrected chi connectivity index (χ2v) is 10.1. The van der Waals surface area contributed by atoms with Gasteiger partial charge < -0.3 is 24.7 Å². The van der Waals surface area contributed by atoms with Crippen molar-refractivity contribution in [2.24, 2.45) is 0 Å². The molecule has 10 heteroatoms. The SMILES string of the molecule is Br.CC(C)(C)c1cc(C(=O)CN2Cc3ccc(F)cc3C2=N)cc(N2CCC(OCC(=O)O)C2)c1O. The third kappa shape index (κ3) is 5.70. The number of ketones is 1. The van der Waals surface area contributed by atoms with Gasteiger partial charge in [-0.05, 0) is 41.7 Å². The van der Waals surface area contributed by atoms with Gasteiger partial charge >= 0.3 is 5.97 Å². The Kier molecular flexibility index (Phi) is 8.10. The maximum Gasteiger partial charge on any atom is 0.329 e. The molecule has 0 aromatic heterocycles. The number of nitrogens with one attached hydrogen (secondary N) is 1. The molecule has 194 valence electrons. The summed E-state index contributed by atoms with van der Waals surface area (Å²) in [5.41, 5.74) is 2.38. The van der Waals surface area contributed by atoms with E-state index in [2.05, 4.69) is 0 Å². The first kappa shape index (κ1) is 27.6. The molecule has 8 nitrogen and oxygen atoms in total. The smallest absolute Gasteiger partial charge is 0.329 e. The van der Waals surface area contributed by atoms with E-state index in [0.717, 1.165) is 5.56 Å². The number of carboxylic acids is 1. The van der Waals surface area contributed by atoms with E-state index in [0.29, 0.717) is 48.4 Å². The number of phenols is 1. The molecule has 0 spiro atoms. The second-order valence-electron chi connectivity index (χ2n) is 10.1. The van der Waals surface area contributed by atoms with Crippen molar-refractivity contribution in [3.05, 3.63) is 58.4 Å². The molecule has 1 atom stereocenters. The van der Waals surface area contributed by atoms with Crippen LogP contribution in [0.25, 0.3) is 0 Å². The van der Waals surface area contributed by atoms with Gasteiger partial charge in [0.25, 0.3) is 0 Å². The summed E-state index contributed by atoms with van der Waals surface area (Å²) in [5, 5.41) is 28.4. The molecule has 2 aromatic rings. The van der Waals surface area contributed by atoms with E-state index in [4.69, 9.17) is 15.3 Å². The monoisotopic (exact) mass is 563 g/mol. The van der Waals surface area contributed by atoms with Gasteiger partial charge in [-0.3, -0.25) is 10.2 Å². The van der Waals surface area contributed by atoms with Gasteiger partial charge in [0.1, 0.15) is 24.0 Å². The fourth-order valence-electron chi connectivity index (χ4n) is 4.63. The number of hydrogen-bond donors (Lipinski definition) is 3. The summed E-state index contributed by atoms with van der Waals surface area (Å²) in [5.74, 6) is -1.47. The predicted octanol–water partition coefficient (Wildman–Crippen LogP) is 4.11.